The number of aryl methyl sites for hydroxylation is 1. The Kier molecular flexibility index (Phi) is 4.39. The van der Waals surface area contributed by atoms with Gasteiger partial charge in [-0.1, -0.05) is 23.7 Å². The van der Waals surface area contributed by atoms with E-state index in [1.54, 1.807) is 12.4 Å². The van der Waals surface area contributed by atoms with Crippen LogP contribution in [0.2, 0.25) is 5.02 Å². The molecule has 5 nitrogen and oxygen atoms in total. The summed E-state index contributed by atoms with van der Waals surface area (Å²) < 4.78 is 0. The first-order valence-electron chi connectivity index (χ1n) is 8.53. The van der Waals surface area contributed by atoms with E-state index >= 15 is 0 Å². The van der Waals surface area contributed by atoms with Gasteiger partial charge in [0.1, 0.15) is 0 Å². The van der Waals surface area contributed by atoms with Crippen LogP contribution in [-0.4, -0.2) is 16.0 Å². The summed E-state index contributed by atoms with van der Waals surface area (Å²) >= 11 is 6.10. The first kappa shape index (κ1) is 16.7. The van der Waals surface area contributed by atoms with Crippen molar-refractivity contribution in [1.29, 1.82) is 0 Å². The average molecular weight is 367 g/mol. The normalized spacial score (nSPS) is 15.5. The van der Waals surface area contributed by atoms with Crippen LogP contribution in [0.5, 0.6) is 0 Å². The number of urea groups is 1. The van der Waals surface area contributed by atoms with Gasteiger partial charge in [-0.3, -0.25) is 0 Å². The summed E-state index contributed by atoms with van der Waals surface area (Å²) in [6.07, 6.45) is 5.59. The summed E-state index contributed by atoms with van der Waals surface area (Å²) in [5, 5.41) is 6.33. The number of fused-ring (bicyclic) bond motifs is 1. The number of nitrogens with one attached hydrogen (secondary N) is 3. The van der Waals surface area contributed by atoms with Gasteiger partial charge in [-0.15, -0.1) is 0 Å². The summed E-state index contributed by atoms with van der Waals surface area (Å²) in [5.74, 6) is 0.398. The van der Waals surface area contributed by atoms with Gasteiger partial charge in [0.2, 0.25) is 0 Å². The molecule has 0 saturated heterocycles. The highest BCUT2D eigenvalue weighted by Crippen LogP contribution is 2.34. The molecular weight excluding hydrogens is 348 g/mol. The van der Waals surface area contributed by atoms with Crippen molar-refractivity contribution in [2.75, 3.05) is 10.6 Å². The number of amides is 2. The fourth-order valence-electron chi connectivity index (χ4n) is 3.36. The molecule has 6 heteroatoms. The number of halogens is 1. The number of H-pyrrole nitrogens is 1. The molecule has 0 bridgehead atoms. The molecule has 1 unspecified atom stereocenters. The van der Waals surface area contributed by atoms with Crippen LogP contribution in [0.4, 0.5) is 16.2 Å². The molecule has 1 aromatic heterocycles. The minimum absolute atomic E-state index is 0.285. The lowest BCUT2D eigenvalue weighted by Crippen LogP contribution is -2.19. The Labute approximate surface area is 156 Å². The second-order valence-corrected chi connectivity index (χ2v) is 7.03. The van der Waals surface area contributed by atoms with Crippen LogP contribution in [0.1, 0.15) is 28.3 Å². The second-order valence-electron chi connectivity index (χ2n) is 6.63. The topological polar surface area (TPSA) is 69.8 Å². The lowest BCUT2D eigenvalue weighted by molar-refractivity contribution is 0.262. The zero-order valence-corrected chi connectivity index (χ0v) is 15.1. The molecule has 1 heterocycles. The van der Waals surface area contributed by atoms with Gasteiger partial charge in [0, 0.05) is 28.5 Å². The maximum absolute atomic E-state index is 12.2. The van der Waals surface area contributed by atoms with Crippen molar-refractivity contribution >= 4 is 29.0 Å². The van der Waals surface area contributed by atoms with E-state index in [1.807, 2.05) is 37.4 Å². The number of carbonyl (C=O) groups excluding carboxylic acids is 1. The van der Waals surface area contributed by atoms with Gasteiger partial charge in [0.05, 0.1) is 12.0 Å². The molecular formula is C20H19ClN4O. The van der Waals surface area contributed by atoms with Gasteiger partial charge >= 0.3 is 6.03 Å². The Hall–Kier alpha value is -2.79. The summed E-state index contributed by atoms with van der Waals surface area (Å²) in [6.45, 7) is 1.92. The largest absolute Gasteiger partial charge is 0.351 e. The van der Waals surface area contributed by atoms with Crippen LogP contribution in [0.15, 0.2) is 48.9 Å². The molecule has 1 aliphatic carbocycles. The SMILES string of the molecule is Cc1ccc(NC(=O)Nc2ccc3c(c2)CC(c2c[nH]cn2)C3)cc1Cl. The van der Waals surface area contributed by atoms with Crippen molar-refractivity contribution in [3.63, 3.8) is 0 Å². The molecule has 1 atom stereocenters. The third-order valence-electron chi connectivity index (χ3n) is 4.76. The summed E-state index contributed by atoms with van der Waals surface area (Å²) in [7, 11) is 0. The molecule has 2 aromatic carbocycles. The molecule has 26 heavy (non-hydrogen) atoms. The number of hydrogen-bond acceptors (Lipinski definition) is 2. The minimum atomic E-state index is -0.285. The molecule has 0 spiro atoms. The molecule has 0 radical (unpaired) electrons. The number of hydrogen-bond donors (Lipinski definition) is 3. The lowest BCUT2D eigenvalue weighted by atomic mass is 10.0. The van der Waals surface area contributed by atoms with Crippen molar-refractivity contribution in [3.8, 4) is 0 Å². The van der Waals surface area contributed by atoms with Crippen molar-refractivity contribution in [3.05, 3.63) is 76.3 Å². The standard InChI is InChI=1S/C20H19ClN4O/c1-12-2-4-17(9-18(12)21)25-20(26)24-16-5-3-13-6-15(7-14(13)8-16)19-10-22-11-23-19/h2-5,8-11,15H,6-7H2,1H3,(H,22,23)(H2,24,25,26). The fraction of sp³-hybridized carbons (Fsp3) is 0.200. The fourth-order valence-corrected chi connectivity index (χ4v) is 3.54. The van der Waals surface area contributed by atoms with Crippen molar-refractivity contribution in [2.24, 2.45) is 0 Å². The highest BCUT2D eigenvalue weighted by molar-refractivity contribution is 6.31. The molecule has 1 aliphatic rings. The second kappa shape index (κ2) is 6.84. The zero-order chi connectivity index (χ0) is 18.1. The maximum Gasteiger partial charge on any atom is 0.323 e. The number of imidazole rings is 1. The quantitative estimate of drug-likeness (QED) is 0.617. The van der Waals surface area contributed by atoms with E-state index in [2.05, 4.69) is 26.7 Å². The third-order valence-corrected chi connectivity index (χ3v) is 5.17. The van der Waals surface area contributed by atoms with Crippen LogP contribution < -0.4 is 10.6 Å². The number of rotatable bonds is 3. The van der Waals surface area contributed by atoms with Crippen LogP contribution in [-0.2, 0) is 12.8 Å². The van der Waals surface area contributed by atoms with E-state index in [0.717, 1.165) is 29.8 Å². The monoisotopic (exact) mass is 366 g/mol. The summed E-state index contributed by atoms with van der Waals surface area (Å²) in [5.41, 5.74) is 6.08. The third kappa shape index (κ3) is 3.44. The maximum atomic E-state index is 12.2. The smallest absolute Gasteiger partial charge is 0.323 e. The highest BCUT2D eigenvalue weighted by Gasteiger charge is 2.24. The predicted octanol–water partition coefficient (Wildman–Crippen LogP) is 4.90. The zero-order valence-electron chi connectivity index (χ0n) is 14.3. The Balaban J connectivity index is 1.43. The van der Waals surface area contributed by atoms with E-state index in [4.69, 9.17) is 11.6 Å². The van der Waals surface area contributed by atoms with E-state index < -0.39 is 0 Å². The molecule has 3 aromatic rings. The van der Waals surface area contributed by atoms with E-state index in [1.165, 1.54) is 11.1 Å². The molecule has 132 valence electrons. The molecule has 0 aliphatic heterocycles. The highest BCUT2D eigenvalue weighted by atomic mass is 35.5. The van der Waals surface area contributed by atoms with Crippen LogP contribution >= 0.6 is 11.6 Å². The van der Waals surface area contributed by atoms with Gasteiger partial charge < -0.3 is 15.6 Å². The van der Waals surface area contributed by atoms with E-state index in [9.17, 15) is 4.79 Å². The van der Waals surface area contributed by atoms with Gasteiger partial charge in [-0.2, -0.15) is 0 Å². The Bertz CT molecular complexity index is 952. The van der Waals surface area contributed by atoms with E-state index in [-0.39, 0.29) is 6.03 Å². The number of aromatic amines is 1. The van der Waals surface area contributed by atoms with Gasteiger partial charge in [0.25, 0.3) is 0 Å². The lowest BCUT2D eigenvalue weighted by Gasteiger charge is -2.10. The van der Waals surface area contributed by atoms with Crippen LogP contribution in [0, 0.1) is 6.92 Å². The predicted molar refractivity (Wildman–Crippen MR) is 104 cm³/mol. The molecule has 4 rings (SSSR count). The number of carbonyl (C=O) groups is 1. The first-order chi connectivity index (χ1) is 12.6. The number of benzene rings is 2. The van der Waals surface area contributed by atoms with Crippen molar-refractivity contribution < 1.29 is 4.79 Å². The van der Waals surface area contributed by atoms with Crippen LogP contribution in [0.3, 0.4) is 0 Å². The van der Waals surface area contributed by atoms with Gasteiger partial charge in [-0.25, -0.2) is 9.78 Å². The van der Waals surface area contributed by atoms with Gasteiger partial charge in [0.15, 0.2) is 0 Å². The minimum Gasteiger partial charge on any atom is -0.351 e. The van der Waals surface area contributed by atoms with E-state index in [0.29, 0.717) is 16.6 Å². The number of aromatic nitrogens is 2. The number of anilines is 2. The Morgan fingerprint density at radius 1 is 1.12 bits per heavy atom. The molecule has 0 fully saturated rings. The molecule has 3 N–H and O–H groups in total. The molecule has 0 saturated carbocycles. The molecule has 2 amide bonds. The Morgan fingerprint density at radius 2 is 1.85 bits per heavy atom. The first-order valence-corrected chi connectivity index (χ1v) is 8.91. The Morgan fingerprint density at radius 3 is 2.58 bits per heavy atom. The van der Waals surface area contributed by atoms with Gasteiger partial charge in [-0.05, 0) is 60.7 Å². The average Bonchev–Trinajstić information content (AvgIpc) is 3.26. The van der Waals surface area contributed by atoms with Crippen molar-refractivity contribution in [1.82, 2.24) is 9.97 Å². The van der Waals surface area contributed by atoms with Crippen molar-refractivity contribution in [2.45, 2.75) is 25.7 Å². The summed E-state index contributed by atoms with van der Waals surface area (Å²) in [6, 6.07) is 11.2. The van der Waals surface area contributed by atoms with Crippen LogP contribution in [0.25, 0.3) is 0 Å². The number of nitrogens with zero attached hydrogens (tertiary/aromatic N) is 1. The summed E-state index contributed by atoms with van der Waals surface area (Å²) in [4.78, 5) is 19.6.